The van der Waals surface area contributed by atoms with Crippen LogP contribution in [0.5, 0.6) is 0 Å². The van der Waals surface area contributed by atoms with Gasteiger partial charge in [0.15, 0.2) is 0 Å². The minimum absolute atomic E-state index is 0.530. The third-order valence-corrected chi connectivity index (χ3v) is 0.996. The molecule has 0 aromatic rings. The van der Waals surface area contributed by atoms with Gasteiger partial charge in [0.25, 0.3) is 0 Å². The van der Waals surface area contributed by atoms with E-state index in [4.69, 9.17) is 0 Å². The minimum Gasteiger partial charge on any atom is -0.447 e. The average molecular weight is 195 g/mol. The topological polar surface area (TPSA) is 9.23 Å². The van der Waals surface area contributed by atoms with Crippen molar-refractivity contribution in [2.24, 2.45) is 0 Å². The summed E-state index contributed by atoms with van der Waals surface area (Å²) < 4.78 is 72.3. The number of hydrogen-bond acceptors (Lipinski definition) is 1. The second-order valence-electron chi connectivity index (χ2n) is 2.23. The largest absolute Gasteiger partial charge is 0.503 e. The van der Waals surface area contributed by atoms with E-state index in [0.717, 1.165) is 0 Å². The SMILES string of the molecule is CC(OC[B-](F)(F)F)C(F)(F)F. The van der Waals surface area contributed by atoms with E-state index in [2.05, 4.69) is 4.74 Å². The summed E-state index contributed by atoms with van der Waals surface area (Å²) in [5, 5.41) is 0. The number of rotatable bonds is 3. The highest BCUT2D eigenvalue weighted by Gasteiger charge is 2.38. The zero-order valence-electron chi connectivity index (χ0n) is 6.04. The third kappa shape index (κ3) is 5.28. The van der Waals surface area contributed by atoms with E-state index in [-0.39, 0.29) is 0 Å². The summed E-state index contributed by atoms with van der Waals surface area (Å²) in [5.74, 6) is 0. The van der Waals surface area contributed by atoms with Crippen LogP contribution in [-0.2, 0) is 4.74 Å². The summed E-state index contributed by atoms with van der Waals surface area (Å²) in [7, 11) is 0. The molecule has 0 bridgehead atoms. The average Bonchev–Trinajstić information content (AvgIpc) is 1.78. The highest BCUT2D eigenvalue weighted by molar-refractivity contribution is 6.58. The van der Waals surface area contributed by atoms with Crippen molar-refractivity contribution in [1.82, 2.24) is 0 Å². The summed E-state index contributed by atoms with van der Waals surface area (Å²) in [6.07, 6.45) is -7.11. The molecule has 0 rings (SSSR count). The van der Waals surface area contributed by atoms with Crippen LogP contribution in [0, 0.1) is 0 Å². The summed E-state index contributed by atoms with van der Waals surface area (Å²) in [5.41, 5.74) is 0. The quantitative estimate of drug-likeness (QED) is 0.495. The van der Waals surface area contributed by atoms with E-state index >= 15 is 0 Å². The molecule has 0 N–H and O–H groups in total. The monoisotopic (exact) mass is 195 g/mol. The Hall–Kier alpha value is -0.395. The van der Waals surface area contributed by atoms with Crippen molar-refractivity contribution in [3.63, 3.8) is 0 Å². The van der Waals surface area contributed by atoms with E-state index in [9.17, 15) is 26.1 Å². The molecule has 74 valence electrons. The van der Waals surface area contributed by atoms with Gasteiger partial charge in [-0.3, -0.25) is 0 Å². The lowest BCUT2D eigenvalue weighted by atomic mass is 9.95. The van der Waals surface area contributed by atoms with E-state index in [1.54, 1.807) is 0 Å². The van der Waals surface area contributed by atoms with Gasteiger partial charge in [-0.2, -0.15) is 13.2 Å². The summed E-state index contributed by atoms with van der Waals surface area (Å²) in [4.78, 5) is 0. The van der Waals surface area contributed by atoms with Crippen molar-refractivity contribution in [3.05, 3.63) is 0 Å². The van der Waals surface area contributed by atoms with Crippen molar-refractivity contribution in [2.75, 3.05) is 6.51 Å². The Bertz CT molecular complexity index is 139. The zero-order chi connectivity index (χ0) is 9.99. The van der Waals surface area contributed by atoms with Crippen LogP contribution in [0.2, 0.25) is 0 Å². The van der Waals surface area contributed by atoms with Gasteiger partial charge in [-0.05, 0) is 6.92 Å². The molecule has 12 heavy (non-hydrogen) atoms. The van der Waals surface area contributed by atoms with Crippen LogP contribution < -0.4 is 0 Å². The lowest BCUT2D eigenvalue weighted by Crippen LogP contribution is -2.34. The Labute approximate surface area is 64.7 Å². The summed E-state index contributed by atoms with van der Waals surface area (Å²) in [6.45, 7) is -6.60. The maximum Gasteiger partial charge on any atom is 0.503 e. The number of ether oxygens (including phenoxy) is 1. The second kappa shape index (κ2) is 3.55. The first-order valence-electron chi connectivity index (χ1n) is 3.02. The van der Waals surface area contributed by atoms with Crippen LogP contribution in [0.25, 0.3) is 0 Å². The standard InChI is InChI=1S/C4H6BF6O/c1-3(4(6,7)8)12-2-5(9,10)11/h3H,2H2,1H3/q-1. The van der Waals surface area contributed by atoms with Crippen LogP contribution in [-0.4, -0.2) is 25.8 Å². The van der Waals surface area contributed by atoms with Crippen molar-refractivity contribution in [2.45, 2.75) is 19.2 Å². The number of hydrogen-bond donors (Lipinski definition) is 0. The van der Waals surface area contributed by atoms with E-state index in [1.807, 2.05) is 0 Å². The Morgan fingerprint density at radius 1 is 1.25 bits per heavy atom. The molecule has 0 radical (unpaired) electrons. The molecule has 0 aromatic heterocycles. The first-order chi connectivity index (χ1) is 5.13. The van der Waals surface area contributed by atoms with Gasteiger partial charge >= 0.3 is 13.2 Å². The molecular weight excluding hydrogens is 189 g/mol. The van der Waals surface area contributed by atoms with Crippen molar-refractivity contribution in [1.29, 1.82) is 0 Å². The Morgan fingerprint density at radius 2 is 1.67 bits per heavy atom. The Morgan fingerprint density at radius 3 is 1.92 bits per heavy atom. The molecule has 0 spiro atoms. The normalized spacial score (nSPS) is 16.2. The van der Waals surface area contributed by atoms with Gasteiger partial charge in [0.2, 0.25) is 0 Å². The molecular formula is C4H6BF6O-. The van der Waals surface area contributed by atoms with E-state index < -0.39 is 25.8 Å². The van der Waals surface area contributed by atoms with E-state index in [0.29, 0.717) is 6.92 Å². The molecule has 0 heterocycles. The summed E-state index contributed by atoms with van der Waals surface area (Å²) >= 11 is 0. The maximum atomic E-state index is 11.5. The smallest absolute Gasteiger partial charge is 0.447 e. The highest BCUT2D eigenvalue weighted by Crippen LogP contribution is 2.23. The summed E-state index contributed by atoms with van der Waals surface area (Å²) in [6, 6.07) is 0. The lowest BCUT2D eigenvalue weighted by molar-refractivity contribution is -0.210. The molecule has 0 saturated carbocycles. The zero-order valence-corrected chi connectivity index (χ0v) is 6.04. The van der Waals surface area contributed by atoms with Crippen LogP contribution in [0.3, 0.4) is 0 Å². The first kappa shape index (κ1) is 11.6. The minimum atomic E-state index is -5.31. The van der Waals surface area contributed by atoms with Crippen molar-refractivity contribution >= 4 is 6.98 Å². The number of halogens is 6. The van der Waals surface area contributed by atoms with Crippen molar-refractivity contribution < 1.29 is 30.9 Å². The highest BCUT2D eigenvalue weighted by atomic mass is 19.4. The molecule has 8 heteroatoms. The first-order valence-corrected chi connectivity index (χ1v) is 3.02. The van der Waals surface area contributed by atoms with Gasteiger partial charge < -0.3 is 17.7 Å². The fourth-order valence-electron chi connectivity index (χ4n) is 0.348. The predicted octanol–water partition coefficient (Wildman–Crippen LogP) is 2.34. The van der Waals surface area contributed by atoms with E-state index in [1.165, 1.54) is 0 Å². The molecule has 0 aliphatic heterocycles. The molecule has 0 aromatic carbocycles. The van der Waals surface area contributed by atoms with Crippen LogP contribution >= 0.6 is 0 Å². The predicted molar refractivity (Wildman–Crippen MR) is 30.5 cm³/mol. The molecule has 0 saturated heterocycles. The molecule has 1 atom stereocenters. The Kier molecular flexibility index (Phi) is 3.43. The van der Waals surface area contributed by atoms with Gasteiger partial charge in [-0.25, -0.2) is 0 Å². The molecule has 1 unspecified atom stereocenters. The van der Waals surface area contributed by atoms with Crippen LogP contribution in [0.1, 0.15) is 6.92 Å². The molecule has 0 aliphatic rings. The lowest BCUT2D eigenvalue weighted by Gasteiger charge is -2.20. The van der Waals surface area contributed by atoms with Crippen LogP contribution in [0.15, 0.2) is 0 Å². The Balaban J connectivity index is 3.80. The maximum absolute atomic E-state index is 11.5. The third-order valence-electron chi connectivity index (χ3n) is 0.996. The van der Waals surface area contributed by atoms with Gasteiger partial charge in [0.05, 0.1) is 0 Å². The number of alkyl halides is 3. The van der Waals surface area contributed by atoms with Gasteiger partial charge in [-0.15, -0.1) is 0 Å². The molecule has 1 nitrogen and oxygen atoms in total. The molecule has 0 fully saturated rings. The van der Waals surface area contributed by atoms with Gasteiger partial charge in [-0.1, -0.05) is 0 Å². The van der Waals surface area contributed by atoms with Crippen molar-refractivity contribution in [3.8, 4) is 0 Å². The molecule has 0 amide bonds. The fourth-order valence-corrected chi connectivity index (χ4v) is 0.348. The second-order valence-corrected chi connectivity index (χ2v) is 2.23. The fraction of sp³-hybridized carbons (Fsp3) is 1.00. The van der Waals surface area contributed by atoms with Gasteiger partial charge in [0, 0.05) is 6.51 Å². The van der Waals surface area contributed by atoms with Gasteiger partial charge in [0.1, 0.15) is 6.10 Å². The van der Waals surface area contributed by atoms with Crippen LogP contribution in [0.4, 0.5) is 26.1 Å². The molecule has 0 aliphatic carbocycles.